The second-order valence-corrected chi connectivity index (χ2v) is 4.72. The highest BCUT2D eigenvalue weighted by Gasteiger charge is 2.29. The van der Waals surface area contributed by atoms with Crippen LogP contribution in [0, 0.1) is 0 Å². The summed E-state index contributed by atoms with van der Waals surface area (Å²) in [5.41, 5.74) is 3.57. The van der Waals surface area contributed by atoms with Crippen LogP contribution < -0.4 is 9.64 Å². The fraction of sp³-hybridized carbons (Fsp3) is 0.118. The van der Waals surface area contributed by atoms with Gasteiger partial charge in [0.1, 0.15) is 5.75 Å². The van der Waals surface area contributed by atoms with Gasteiger partial charge in [-0.3, -0.25) is 4.79 Å². The SMILES string of the molecule is COc1ccc2c(c1)N(C)C(=O)/C2=C/c1ccccc1. The summed E-state index contributed by atoms with van der Waals surface area (Å²) in [5.74, 6) is 0.765. The van der Waals surface area contributed by atoms with Crippen LogP contribution in [-0.4, -0.2) is 20.1 Å². The van der Waals surface area contributed by atoms with Gasteiger partial charge in [0, 0.05) is 24.3 Å². The summed E-state index contributed by atoms with van der Waals surface area (Å²) >= 11 is 0. The summed E-state index contributed by atoms with van der Waals surface area (Å²) < 4.78 is 5.22. The van der Waals surface area contributed by atoms with Crippen molar-refractivity contribution < 1.29 is 9.53 Å². The fourth-order valence-electron chi connectivity index (χ4n) is 2.40. The van der Waals surface area contributed by atoms with Gasteiger partial charge in [-0.05, 0) is 23.8 Å². The minimum Gasteiger partial charge on any atom is -0.497 e. The number of anilines is 1. The molecule has 3 rings (SSSR count). The smallest absolute Gasteiger partial charge is 0.258 e. The maximum atomic E-state index is 12.4. The molecule has 2 aromatic carbocycles. The van der Waals surface area contributed by atoms with Crippen molar-refractivity contribution in [3.63, 3.8) is 0 Å². The van der Waals surface area contributed by atoms with Crippen molar-refractivity contribution in [3.05, 3.63) is 59.7 Å². The molecule has 0 unspecified atom stereocenters. The van der Waals surface area contributed by atoms with Crippen LogP contribution in [0.15, 0.2) is 48.5 Å². The number of carbonyl (C=O) groups is 1. The summed E-state index contributed by atoms with van der Waals surface area (Å²) in [7, 11) is 3.41. The van der Waals surface area contributed by atoms with E-state index in [2.05, 4.69) is 0 Å². The number of benzene rings is 2. The number of hydrogen-bond acceptors (Lipinski definition) is 2. The van der Waals surface area contributed by atoms with Crippen molar-refractivity contribution in [2.45, 2.75) is 0 Å². The van der Waals surface area contributed by atoms with Gasteiger partial charge in [0.2, 0.25) is 0 Å². The van der Waals surface area contributed by atoms with Crippen molar-refractivity contribution in [2.24, 2.45) is 0 Å². The van der Waals surface area contributed by atoms with Crippen LogP contribution in [0.3, 0.4) is 0 Å². The topological polar surface area (TPSA) is 29.5 Å². The Hall–Kier alpha value is -2.55. The van der Waals surface area contributed by atoms with Crippen LogP contribution in [0.25, 0.3) is 11.6 Å². The number of rotatable bonds is 2. The molecule has 0 spiro atoms. The standard InChI is InChI=1S/C17H15NO2/c1-18-16-11-13(20-2)8-9-14(16)15(17(18)19)10-12-6-4-3-5-7-12/h3-11H,1-2H3/b15-10+. The highest BCUT2D eigenvalue weighted by Crippen LogP contribution is 2.38. The molecule has 1 amide bonds. The highest BCUT2D eigenvalue weighted by molar-refractivity contribution is 6.35. The molecular formula is C17H15NO2. The fourth-order valence-corrected chi connectivity index (χ4v) is 2.40. The number of hydrogen-bond donors (Lipinski definition) is 0. The van der Waals surface area contributed by atoms with Gasteiger partial charge < -0.3 is 9.64 Å². The largest absolute Gasteiger partial charge is 0.497 e. The molecule has 0 bridgehead atoms. The number of methoxy groups -OCH3 is 1. The molecule has 100 valence electrons. The van der Waals surface area contributed by atoms with Crippen molar-refractivity contribution in [1.82, 2.24) is 0 Å². The number of nitrogens with zero attached hydrogens (tertiary/aromatic N) is 1. The van der Waals surface area contributed by atoms with E-state index in [1.165, 1.54) is 0 Å². The van der Waals surface area contributed by atoms with E-state index in [1.807, 2.05) is 54.6 Å². The number of amides is 1. The molecule has 0 aliphatic carbocycles. The van der Waals surface area contributed by atoms with Crippen molar-refractivity contribution in [3.8, 4) is 5.75 Å². The van der Waals surface area contributed by atoms with E-state index < -0.39 is 0 Å². The van der Waals surface area contributed by atoms with Crippen molar-refractivity contribution in [1.29, 1.82) is 0 Å². The zero-order valence-corrected chi connectivity index (χ0v) is 11.5. The quantitative estimate of drug-likeness (QED) is 0.780. The van der Waals surface area contributed by atoms with E-state index in [9.17, 15) is 4.79 Å². The molecule has 0 radical (unpaired) electrons. The zero-order chi connectivity index (χ0) is 14.1. The molecule has 2 aromatic rings. The van der Waals surface area contributed by atoms with Crippen LogP contribution in [-0.2, 0) is 4.79 Å². The molecule has 0 saturated carbocycles. The van der Waals surface area contributed by atoms with Gasteiger partial charge in [0.25, 0.3) is 5.91 Å². The lowest BCUT2D eigenvalue weighted by molar-refractivity contribution is -0.112. The van der Waals surface area contributed by atoms with Crippen LogP contribution in [0.4, 0.5) is 5.69 Å². The lowest BCUT2D eigenvalue weighted by Crippen LogP contribution is -2.20. The van der Waals surface area contributed by atoms with Gasteiger partial charge in [-0.1, -0.05) is 30.3 Å². The van der Waals surface area contributed by atoms with Gasteiger partial charge >= 0.3 is 0 Å². The molecular weight excluding hydrogens is 250 g/mol. The van der Waals surface area contributed by atoms with Gasteiger partial charge in [-0.25, -0.2) is 0 Å². The molecule has 0 fully saturated rings. The Labute approximate surface area is 118 Å². The summed E-state index contributed by atoms with van der Waals surface area (Å²) in [6.45, 7) is 0. The average molecular weight is 265 g/mol. The van der Waals surface area contributed by atoms with Crippen LogP contribution in [0.1, 0.15) is 11.1 Å². The highest BCUT2D eigenvalue weighted by atomic mass is 16.5. The Kier molecular flexibility index (Phi) is 3.03. The second-order valence-electron chi connectivity index (χ2n) is 4.72. The number of likely N-dealkylation sites (N-methyl/N-ethyl adjacent to an activating group) is 1. The third kappa shape index (κ3) is 1.97. The van der Waals surface area contributed by atoms with Crippen molar-refractivity contribution >= 4 is 23.2 Å². The Morgan fingerprint density at radius 3 is 2.55 bits per heavy atom. The van der Waals surface area contributed by atoms with Gasteiger partial charge in [-0.15, -0.1) is 0 Å². The lowest BCUT2D eigenvalue weighted by atomic mass is 10.0. The summed E-state index contributed by atoms with van der Waals surface area (Å²) in [5, 5.41) is 0. The molecule has 1 heterocycles. The molecule has 20 heavy (non-hydrogen) atoms. The second kappa shape index (κ2) is 4.85. The Morgan fingerprint density at radius 2 is 1.85 bits per heavy atom. The van der Waals surface area contributed by atoms with Crippen LogP contribution >= 0.6 is 0 Å². The minimum atomic E-state index is 0.0112. The number of carbonyl (C=O) groups excluding carboxylic acids is 1. The van der Waals surface area contributed by atoms with Crippen LogP contribution in [0.2, 0.25) is 0 Å². The average Bonchev–Trinajstić information content (AvgIpc) is 2.73. The molecule has 1 aliphatic heterocycles. The first-order valence-electron chi connectivity index (χ1n) is 6.44. The third-order valence-corrected chi connectivity index (χ3v) is 3.50. The Balaban J connectivity index is 2.11. The number of ether oxygens (including phenoxy) is 1. The summed E-state index contributed by atoms with van der Waals surface area (Å²) in [6, 6.07) is 15.6. The van der Waals surface area contributed by atoms with E-state index in [4.69, 9.17) is 4.74 Å². The summed E-state index contributed by atoms with van der Waals surface area (Å²) in [4.78, 5) is 14.0. The Bertz CT molecular complexity index is 689. The first kappa shape index (κ1) is 12.5. The van der Waals surface area contributed by atoms with Crippen molar-refractivity contribution in [2.75, 3.05) is 19.1 Å². The minimum absolute atomic E-state index is 0.0112. The lowest BCUT2D eigenvalue weighted by Gasteiger charge is -2.10. The van der Waals surface area contributed by atoms with E-state index in [-0.39, 0.29) is 5.91 Å². The number of fused-ring (bicyclic) bond motifs is 1. The monoisotopic (exact) mass is 265 g/mol. The third-order valence-electron chi connectivity index (χ3n) is 3.50. The molecule has 3 nitrogen and oxygen atoms in total. The molecule has 0 atom stereocenters. The first-order chi connectivity index (χ1) is 9.70. The predicted molar refractivity (Wildman–Crippen MR) is 80.7 cm³/mol. The van der Waals surface area contributed by atoms with Gasteiger partial charge in [0.15, 0.2) is 0 Å². The van der Waals surface area contributed by atoms with E-state index in [0.29, 0.717) is 0 Å². The predicted octanol–water partition coefficient (Wildman–Crippen LogP) is 3.21. The first-order valence-corrected chi connectivity index (χ1v) is 6.44. The normalized spacial score (nSPS) is 15.6. The molecule has 0 N–H and O–H groups in total. The van der Waals surface area contributed by atoms with E-state index in [0.717, 1.165) is 28.1 Å². The molecule has 0 aromatic heterocycles. The molecule has 0 saturated heterocycles. The zero-order valence-electron chi connectivity index (χ0n) is 11.5. The van der Waals surface area contributed by atoms with E-state index >= 15 is 0 Å². The van der Waals surface area contributed by atoms with Crippen LogP contribution in [0.5, 0.6) is 5.75 Å². The maximum Gasteiger partial charge on any atom is 0.258 e. The summed E-state index contributed by atoms with van der Waals surface area (Å²) in [6.07, 6.45) is 1.93. The molecule has 1 aliphatic rings. The van der Waals surface area contributed by atoms with Gasteiger partial charge in [-0.2, -0.15) is 0 Å². The molecule has 3 heteroatoms. The Morgan fingerprint density at radius 1 is 1.10 bits per heavy atom. The van der Waals surface area contributed by atoms with Gasteiger partial charge in [0.05, 0.1) is 12.8 Å². The maximum absolute atomic E-state index is 12.4. The van der Waals surface area contributed by atoms with E-state index in [1.54, 1.807) is 19.1 Å².